The summed E-state index contributed by atoms with van der Waals surface area (Å²) in [7, 11) is 0. The predicted molar refractivity (Wildman–Crippen MR) is 70.2 cm³/mol. The number of nitro groups is 1. The highest BCUT2D eigenvalue weighted by atomic mass is 32.1. The first kappa shape index (κ1) is 13.2. The van der Waals surface area contributed by atoms with Crippen LogP contribution in [-0.4, -0.2) is 21.9 Å². The van der Waals surface area contributed by atoms with Crippen LogP contribution in [0.5, 0.6) is 0 Å². The molecule has 0 fully saturated rings. The number of carbonyl (C=O) groups is 2. The summed E-state index contributed by atoms with van der Waals surface area (Å²) in [5, 5.41) is 23.3. The second-order valence-electron chi connectivity index (χ2n) is 3.35. The molecule has 2 aromatic rings. The topological polar surface area (TPSA) is 110 Å². The first-order chi connectivity index (χ1) is 8.97. The molecule has 98 valence electrons. The number of hydrogen-bond acceptors (Lipinski definition) is 6. The van der Waals surface area contributed by atoms with Crippen molar-refractivity contribution in [2.24, 2.45) is 0 Å². The molecule has 0 atom stereocenters. The number of carbonyl (C=O) groups excluding carboxylic acids is 1. The molecular weight excluding hydrogens is 292 g/mol. The molecule has 0 aromatic carbocycles. The average molecular weight is 298 g/mol. The monoisotopic (exact) mass is 298 g/mol. The number of nitrogens with one attached hydrogen (secondary N) is 1. The van der Waals surface area contributed by atoms with Crippen molar-refractivity contribution < 1.29 is 19.6 Å². The van der Waals surface area contributed by atoms with Crippen molar-refractivity contribution >= 4 is 44.6 Å². The molecule has 0 aliphatic rings. The van der Waals surface area contributed by atoms with Crippen LogP contribution >= 0.6 is 22.7 Å². The number of carboxylic acid groups (broad SMARTS) is 1. The number of nitrogens with zero attached hydrogens (tertiary/aromatic N) is 1. The molecular formula is C10H6N2O5S2. The van der Waals surface area contributed by atoms with E-state index in [2.05, 4.69) is 5.32 Å². The van der Waals surface area contributed by atoms with Gasteiger partial charge in [-0.1, -0.05) is 11.3 Å². The molecule has 2 aromatic heterocycles. The Labute approximate surface area is 114 Å². The Kier molecular flexibility index (Phi) is 3.58. The van der Waals surface area contributed by atoms with Crippen molar-refractivity contribution in [1.82, 2.24) is 0 Å². The van der Waals surface area contributed by atoms with Crippen LogP contribution in [-0.2, 0) is 0 Å². The molecule has 19 heavy (non-hydrogen) atoms. The van der Waals surface area contributed by atoms with E-state index in [-0.39, 0.29) is 15.4 Å². The Morgan fingerprint density at radius 1 is 1.37 bits per heavy atom. The van der Waals surface area contributed by atoms with Crippen LogP contribution in [0.3, 0.4) is 0 Å². The first-order valence-electron chi connectivity index (χ1n) is 4.85. The van der Waals surface area contributed by atoms with Gasteiger partial charge in [0.05, 0.1) is 15.5 Å². The zero-order valence-corrected chi connectivity index (χ0v) is 10.8. The number of aromatic carboxylic acids is 1. The van der Waals surface area contributed by atoms with E-state index >= 15 is 0 Å². The van der Waals surface area contributed by atoms with Gasteiger partial charge in [-0.05, 0) is 12.1 Å². The number of hydrogen-bond donors (Lipinski definition) is 2. The van der Waals surface area contributed by atoms with Crippen molar-refractivity contribution in [3.63, 3.8) is 0 Å². The summed E-state index contributed by atoms with van der Waals surface area (Å²) in [6, 6.07) is 4.01. The molecule has 9 heteroatoms. The minimum absolute atomic E-state index is 0.103. The van der Waals surface area contributed by atoms with Gasteiger partial charge in [0.1, 0.15) is 4.88 Å². The molecule has 0 aliphatic heterocycles. The van der Waals surface area contributed by atoms with Gasteiger partial charge in [-0.15, -0.1) is 11.3 Å². The van der Waals surface area contributed by atoms with E-state index in [4.69, 9.17) is 5.11 Å². The predicted octanol–water partition coefficient (Wildman–Crippen LogP) is 2.67. The molecule has 2 rings (SSSR count). The first-order valence-corrected chi connectivity index (χ1v) is 6.54. The minimum Gasteiger partial charge on any atom is -0.477 e. The fourth-order valence-corrected chi connectivity index (χ4v) is 2.69. The van der Waals surface area contributed by atoms with Crippen LogP contribution in [0.4, 0.5) is 10.0 Å². The Morgan fingerprint density at radius 3 is 2.63 bits per heavy atom. The summed E-state index contributed by atoms with van der Waals surface area (Å²) in [4.78, 5) is 32.5. The Morgan fingerprint density at radius 2 is 2.11 bits per heavy atom. The van der Waals surface area contributed by atoms with Gasteiger partial charge in [0.25, 0.3) is 5.91 Å². The highest BCUT2D eigenvalue weighted by Gasteiger charge is 2.16. The smallest absolute Gasteiger partial charge is 0.345 e. The minimum atomic E-state index is -1.07. The van der Waals surface area contributed by atoms with Crippen LogP contribution < -0.4 is 5.32 Å². The lowest BCUT2D eigenvalue weighted by molar-refractivity contribution is -0.380. The zero-order chi connectivity index (χ0) is 14.0. The summed E-state index contributed by atoms with van der Waals surface area (Å²) in [5.41, 5.74) is 0.168. The third kappa shape index (κ3) is 2.95. The summed E-state index contributed by atoms with van der Waals surface area (Å²) in [6.45, 7) is 0. The normalized spacial score (nSPS) is 10.1. The molecule has 0 bridgehead atoms. The summed E-state index contributed by atoms with van der Waals surface area (Å²) in [6.07, 6.45) is 0. The molecule has 0 unspecified atom stereocenters. The number of carboxylic acids is 1. The number of rotatable bonds is 4. The third-order valence-corrected chi connectivity index (χ3v) is 3.95. The van der Waals surface area contributed by atoms with Gasteiger partial charge in [-0.2, -0.15) is 0 Å². The van der Waals surface area contributed by atoms with Crippen molar-refractivity contribution in [2.75, 3.05) is 5.32 Å². The fraction of sp³-hybridized carbons (Fsp3) is 0. The molecule has 0 spiro atoms. The Balaban J connectivity index is 2.11. The highest BCUT2D eigenvalue weighted by molar-refractivity contribution is 7.18. The highest BCUT2D eigenvalue weighted by Crippen LogP contribution is 2.25. The van der Waals surface area contributed by atoms with Crippen LogP contribution in [0, 0.1) is 10.1 Å². The van der Waals surface area contributed by atoms with Crippen molar-refractivity contribution in [1.29, 1.82) is 0 Å². The number of anilines is 1. The van der Waals surface area contributed by atoms with Crippen LogP contribution in [0.1, 0.15) is 20.0 Å². The Bertz CT molecular complexity index is 660. The lowest BCUT2D eigenvalue weighted by Gasteiger charge is -1.98. The molecule has 7 nitrogen and oxygen atoms in total. The summed E-state index contributed by atoms with van der Waals surface area (Å²) >= 11 is 1.77. The van der Waals surface area contributed by atoms with Crippen LogP contribution in [0.2, 0.25) is 0 Å². The summed E-state index contributed by atoms with van der Waals surface area (Å²) < 4.78 is 0. The maximum atomic E-state index is 11.8. The van der Waals surface area contributed by atoms with E-state index in [1.165, 1.54) is 23.6 Å². The molecule has 0 radical (unpaired) electrons. The molecule has 2 heterocycles. The van der Waals surface area contributed by atoms with E-state index in [9.17, 15) is 19.7 Å². The van der Waals surface area contributed by atoms with Crippen LogP contribution in [0.25, 0.3) is 0 Å². The van der Waals surface area contributed by atoms with E-state index < -0.39 is 16.8 Å². The number of amides is 1. The third-order valence-electron chi connectivity index (χ3n) is 2.08. The molecule has 2 N–H and O–H groups in total. The second-order valence-corrected chi connectivity index (χ2v) is 5.33. The van der Waals surface area contributed by atoms with Gasteiger partial charge in [0.2, 0.25) is 0 Å². The molecule has 1 amide bonds. The molecule has 0 saturated carbocycles. The van der Waals surface area contributed by atoms with Gasteiger partial charge >= 0.3 is 11.0 Å². The fourth-order valence-electron chi connectivity index (χ4n) is 1.24. The van der Waals surface area contributed by atoms with Gasteiger partial charge in [-0.25, -0.2) is 4.79 Å². The largest absolute Gasteiger partial charge is 0.477 e. The van der Waals surface area contributed by atoms with Gasteiger partial charge < -0.3 is 10.4 Å². The lowest BCUT2D eigenvalue weighted by atomic mass is 10.3. The molecule has 0 aliphatic carbocycles. The van der Waals surface area contributed by atoms with E-state index in [1.54, 1.807) is 0 Å². The van der Waals surface area contributed by atoms with E-state index in [0.29, 0.717) is 5.00 Å². The van der Waals surface area contributed by atoms with E-state index in [0.717, 1.165) is 22.7 Å². The second kappa shape index (κ2) is 5.16. The summed E-state index contributed by atoms with van der Waals surface area (Å²) in [5.74, 6) is -1.58. The zero-order valence-electron chi connectivity index (χ0n) is 9.15. The lowest BCUT2D eigenvalue weighted by Crippen LogP contribution is -2.09. The van der Waals surface area contributed by atoms with Gasteiger partial charge in [0.15, 0.2) is 0 Å². The van der Waals surface area contributed by atoms with Crippen molar-refractivity contribution in [3.05, 3.63) is 44.1 Å². The number of thiophene rings is 2. The van der Waals surface area contributed by atoms with E-state index in [1.807, 2.05) is 0 Å². The average Bonchev–Trinajstić information content (AvgIpc) is 2.96. The maximum Gasteiger partial charge on any atom is 0.345 e. The van der Waals surface area contributed by atoms with Gasteiger partial charge in [-0.3, -0.25) is 14.9 Å². The molecule has 0 saturated heterocycles. The van der Waals surface area contributed by atoms with Crippen molar-refractivity contribution in [2.45, 2.75) is 0 Å². The maximum absolute atomic E-state index is 11.8. The van der Waals surface area contributed by atoms with Crippen molar-refractivity contribution in [3.8, 4) is 0 Å². The quantitative estimate of drug-likeness (QED) is 0.666. The van der Waals surface area contributed by atoms with Crippen LogP contribution in [0.15, 0.2) is 23.6 Å². The SMILES string of the molecule is O=C(Nc1ccc(C(=O)O)s1)c1csc([N+](=O)[O-])c1. The standard InChI is InChI=1S/C10H6N2O5S2/c13-9(5-3-8(12(16)17)18-4-5)11-7-2-1-6(19-7)10(14)15/h1-4H,(H,11,13)(H,14,15). The Hall–Kier alpha value is -2.26. The van der Waals surface area contributed by atoms with Gasteiger partial charge in [0, 0.05) is 11.4 Å².